The average Bonchev–Trinajstić information content (AvgIpc) is 3.59. The lowest BCUT2D eigenvalue weighted by molar-refractivity contribution is -0.135. The van der Waals surface area contributed by atoms with E-state index < -0.39 is 41.4 Å². The predicted octanol–water partition coefficient (Wildman–Crippen LogP) is 3.21. The second kappa shape index (κ2) is 9.73. The molecule has 1 aromatic heterocycles. The molecule has 0 saturated heterocycles. The van der Waals surface area contributed by atoms with Gasteiger partial charge in [0.25, 0.3) is 5.91 Å². The number of Topliss-reactive ketones (excluding diaryl/α,β-unsaturated/α-hetero) is 1. The van der Waals surface area contributed by atoms with Crippen molar-refractivity contribution in [1.29, 1.82) is 0 Å². The number of aliphatic hydroxyl groups is 1. The minimum Gasteiger partial charge on any atom is -0.469 e. The second-order valence-electron chi connectivity index (χ2n) is 11.9. The summed E-state index contributed by atoms with van der Waals surface area (Å²) >= 11 is 0. The number of benzene rings is 2. The molecule has 2 amide bonds. The molecular weight excluding hydrogens is 524 g/mol. The van der Waals surface area contributed by atoms with Crippen molar-refractivity contribution in [3.63, 3.8) is 0 Å². The maximum atomic E-state index is 13.8. The number of hydrogen-bond acceptors (Lipinski definition) is 8. The SMILES string of the molecule is CC(C)[C@H](O)C(=O)C[C@H]1Cc2ccc3c(c2)C2(c4ccccc4N[C@H]2O3)c2oc(nc2C(N)=O)[C@H](C(C)C)NC1=O. The van der Waals surface area contributed by atoms with Gasteiger partial charge in [-0.2, -0.15) is 0 Å². The van der Waals surface area contributed by atoms with Gasteiger partial charge >= 0.3 is 0 Å². The van der Waals surface area contributed by atoms with Gasteiger partial charge in [-0.15, -0.1) is 0 Å². The Morgan fingerprint density at radius 2 is 1.88 bits per heavy atom. The first kappa shape index (κ1) is 27.0. The summed E-state index contributed by atoms with van der Waals surface area (Å²) in [6.07, 6.45) is -1.69. The molecule has 0 aliphatic carbocycles. The molecule has 5 atom stereocenters. The van der Waals surface area contributed by atoms with Crippen molar-refractivity contribution in [2.45, 2.75) is 64.3 Å². The van der Waals surface area contributed by atoms with Gasteiger partial charge in [0, 0.05) is 23.6 Å². The standard InChI is InChI=1S/C31H34N4O6/c1-14(2)23-29-35-24(27(32)38)26(41-29)31-18-7-5-6-8-20(18)33-30(31)40-22-10-9-16(12-19(22)31)11-17(28(39)34-23)13-21(36)25(37)15(3)4/h5-10,12,14-15,17,23,25,30,33,37H,11,13H2,1-4H3,(H2,32,38)(H,34,39)/t17-,23+,25+,30+,31?/m1/s1. The number of para-hydroxylation sites is 1. The third-order valence-corrected chi connectivity index (χ3v) is 8.47. The summed E-state index contributed by atoms with van der Waals surface area (Å²) in [7, 11) is 0. The number of aliphatic hydroxyl groups excluding tert-OH is 1. The van der Waals surface area contributed by atoms with Gasteiger partial charge in [0.15, 0.2) is 23.5 Å². The van der Waals surface area contributed by atoms with Gasteiger partial charge in [-0.1, -0.05) is 58.0 Å². The Morgan fingerprint density at radius 1 is 1.12 bits per heavy atom. The molecule has 0 radical (unpaired) electrons. The zero-order valence-corrected chi connectivity index (χ0v) is 23.4. The van der Waals surface area contributed by atoms with Gasteiger partial charge in [-0.3, -0.25) is 14.4 Å². The van der Waals surface area contributed by atoms with Crippen LogP contribution >= 0.6 is 0 Å². The quantitative estimate of drug-likeness (QED) is 0.359. The van der Waals surface area contributed by atoms with Crippen molar-refractivity contribution in [2.75, 3.05) is 5.32 Å². The van der Waals surface area contributed by atoms with Crippen LogP contribution in [-0.2, 0) is 21.4 Å². The summed E-state index contributed by atoms with van der Waals surface area (Å²) in [6.45, 7) is 7.33. The number of anilines is 1. The lowest BCUT2D eigenvalue weighted by Gasteiger charge is -2.28. The van der Waals surface area contributed by atoms with E-state index in [1.54, 1.807) is 13.8 Å². The minimum atomic E-state index is -1.17. The zero-order valence-electron chi connectivity index (χ0n) is 23.4. The Kier molecular flexibility index (Phi) is 6.41. The molecule has 2 aromatic carbocycles. The van der Waals surface area contributed by atoms with Crippen LogP contribution in [0.2, 0.25) is 0 Å². The molecule has 214 valence electrons. The fourth-order valence-electron chi connectivity index (χ4n) is 6.32. The highest BCUT2D eigenvalue weighted by Gasteiger charge is 2.61. The van der Waals surface area contributed by atoms with E-state index in [2.05, 4.69) is 15.6 Å². The van der Waals surface area contributed by atoms with E-state index in [1.165, 1.54) is 0 Å². The van der Waals surface area contributed by atoms with E-state index in [1.807, 2.05) is 56.3 Å². The summed E-state index contributed by atoms with van der Waals surface area (Å²) in [4.78, 5) is 44.2. The maximum absolute atomic E-state index is 13.8. The molecular formula is C31H34N4O6. The molecule has 1 spiro atoms. The molecule has 6 rings (SSSR count). The van der Waals surface area contributed by atoms with Crippen LogP contribution in [0.3, 0.4) is 0 Å². The van der Waals surface area contributed by atoms with Gasteiger partial charge in [0.1, 0.15) is 23.3 Å². The summed E-state index contributed by atoms with van der Waals surface area (Å²) in [6, 6.07) is 12.7. The van der Waals surface area contributed by atoms with E-state index >= 15 is 0 Å². The highest BCUT2D eigenvalue weighted by atomic mass is 16.5. The van der Waals surface area contributed by atoms with Gasteiger partial charge in [-0.05, 0) is 41.5 Å². The predicted molar refractivity (Wildman–Crippen MR) is 149 cm³/mol. The number of rotatable bonds is 6. The molecule has 3 aliphatic heterocycles. The fourth-order valence-corrected chi connectivity index (χ4v) is 6.32. The number of primary amides is 1. The number of nitrogens with one attached hydrogen (secondary N) is 2. The number of ether oxygens (including phenoxy) is 1. The third-order valence-electron chi connectivity index (χ3n) is 8.47. The number of nitrogens with zero attached hydrogens (tertiary/aromatic N) is 1. The van der Waals surface area contributed by atoms with Crippen LogP contribution in [0.5, 0.6) is 5.75 Å². The Morgan fingerprint density at radius 3 is 2.59 bits per heavy atom. The van der Waals surface area contributed by atoms with Crippen LogP contribution in [-0.4, -0.2) is 40.0 Å². The van der Waals surface area contributed by atoms with Crippen LogP contribution in [0.25, 0.3) is 0 Å². The number of hydrogen-bond donors (Lipinski definition) is 4. The number of aromatic nitrogens is 1. The number of oxazole rings is 1. The van der Waals surface area contributed by atoms with Gasteiger partial charge in [0.2, 0.25) is 11.8 Å². The molecule has 1 unspecified atom stereocenters. The van der Waals surface area contributed by atoms with Crippen LogP contribution in [0.15, 0.2) is 46.9 Å². The summed E-state index contributed by atoms with van der Waals surface area (Å²) < 4.78 is 12.9. The number of nitrogens with two attached hydrogens (primary N) is 1. The molecule has 3 aliphatic rings. The second-order valence-corrected chi connectivity index (χ2v) is 11.9. The fraction of sp³-hybridized carbons (Fsp3) is 0.419. The molecule has 10 nitrogen and oxygen atoms in total. The minimum absolute atomic E-state index is 0.0312. The monoisotopic (exact) mass is 558 g/mol. The first-order chi connectivity index (χ1) is 19.5. The highest BCUT2D eigenvalue weighted by Crippen LogP contribution is 2.58. The van der Waals surface area contributed by atoms with Crippen molar-refractivity contribution in [3.8, 4) is 5.75 Å². The Labute approximate surface area is 237 Å². The first-order valence-electron chi connectivity index (χ1n) is 14.0. The molecule has 4 bridgehead atoms. The van der Waals surface area contributed by atoms with Crippen molar-refractivity contribution in [1.82, 2.24) is 10.3 Å². The summed E-state index contributed by atoms with van der Waals surface area (Å²) in [5.41, 5.74) is 8.00. The molecule has 3 aromatic rings. The zero-order chi connectivity index (χ0) is 29.2. The van der Waals surface area contributed by atoms with Crippen molar-refractivity contribution in [2.24, 2.45) is 23.5 Å². The highest BCUT2D eigenvalue weighted by molar-refractivity contribution is 5.94. The number of ketones is 1. The summed E-state index contributed by atoms with van der Waals surface area (Å²) in [5, 5.41) is 16.9. The van der Waals surface area contributed by atoms with E-state index in [0.29, 0.717) is 5.75 Å². The lowest BCUT2D eigenvalue weighted by atomic mass is 9.72. The average molecular weight is 559 g/mol. The number of carbonyl (C=O) groups is 3. The normalized spacial score (nSPS) is 24.9. The number of fused-ring (bicyclic) bond motifs is 4. The molecule has 10 heteroatoms. The van der Waals surface area contributed by atoms with E-state index in [-0.39, 0.29) is 47.9 Å². The van der Waals surface area contributed by atoms with E-state index in [0.717, 1.165) is 22.4 Å². The van der Waals surface area contributed by atoms with Gasteiger partial charge in [-0.25, -0.2) is 4.98 Å². The van der Waals surface area contributed by atoms with Gasteiger partial charge in [0.05, 0.1) is 0 Å². The van der Waals surface area contributed by atoms with Crippen LogP contribution in [0.4, 0.5) is 5.69 Å². The molecule has 0 fully saturated rings. The van der Waals surface area contributed by atoms with Crippen molar-refractivity contribution >= 4 is 23.3 Å². The summed E-state index contributed by atoms with van der Waals surface area (Å²) in [5.74, 6) is -1.74. The smallest absolute Gasteiger partial charge is 0.271 e. The molecule has 0 saturated carbocycles. The van der Waals surface area contributed by atoms with E-state index in [4.69, 9.17) is 14.9 Å². The van der Waals surface area contributed by atoms with E-state index in [9.17, 15) is 19.5 Å². The van der Waals surface area contributed by atoms with Crippen molar-refractivity contribution in [3.05, 3.63) is 76.5 Å². The van der Waals surface area contributed by atoms with Gasteiger partial charge < -0.3 is 30.6 Å². The Hall–Kier alpha value is -4.18. The maximum Gasteiger partial charge on any atom is 0.271 e. The third kappa shape index (κ3) is 4.11. The molecule has 4 heterocycles. The van der Waals surface area contributed by atoms with Crippen LogP contribution in [0, 0.1) is 17.8 Å². The topological polar surface area (TPSA) is 157 Å². The molecule has 41 heavy (non-hydrogen) atoms. The van der Waals surface area contributed by atoms with Crippen LogP contribution < -0.4 is 21.1 Å². The number of amides is 2. The molecule has 5 N–H and O–H groups in total. The Balaban J connectivity index is 1.59. The number of carbonyl (C=O) groups excluding carboxylic acids is 3. The first-order valence-corrected chi connectivity index (χ1v) is 14.0. The van der Waals surface area contributed by atoms with Crippen LogP contribution in [0.1, 0.15) is 79.0 Å². The largest absolute Gasteiger partial charge is 0.469 e. The lowest BCUT2D eigenvalue weighted by Crippen LogP contribution is -2.41. The Bertz CT molecular complexity index is 1560. The van der Waals surface area contributed by atoms with Crippen molar-refractivity contribution < 1.29 is 28.6 Å².